The molecule has 0 radical (unpaired) electrons. The number of carbonyl (C=O) groups excluding carboxylic acids is 7. The van der Waals surface area contributed by atoms with Gasteiger partial charge in [-0.1, -0.05) is 18.2 Å². The van der Waals surface area contributed by atoms with Crippen molar-refractivity contribution in [2.75, 3.05) is 94.6 Å². The summed E-state index contributed by atoms with van der Waals surface area (Å²) >= 11 is 0. The zero-order valence-electron chi connectivity index (χ0n) is 53.8. The van der Waals surface area contributed by atoms with Crippen LogP contribution in [-0.4, -0.2) is 185 Å². The number of rotatable bonds is 28. The Bertz CT molecular complexity index is 3530. The van der Waals surface area contributed by atoms with E-state index in [0.29, 0.717) is 41.3 Å². The third-order valence-corrected chi connectivity index (χ3v) is 15.7. The highest BCUT2D eigenvalue weighted by Crippen LogP contribution is 2.41. The molecule has 9 N–H and O–H groups in total. The predicted molar refractivity (Wildman–Crippen MR) is 340 cm³/mol. The van der Waals surface area contributed by atoms with E-state index < -0.39 is 59.6 Å². The van der Waals surface area contributed by atoms with Gasteiger partial charge in [0.15, 0.2) is 11.5 Å². The smallest absolute Gasteiger partial charge is 0.414 e. The average molecular weight is 1280 g/mol. The van der Waals surface area contributed by atoms with Crippen molar-refractivity contribution < 1.29 is 77.0 Å². The van der Waals surface area contributed by atoms with E-state index in [0.717, 1.165) is 18.5 Å². The second kappa shape index (κ2) is 30.1. The molecule has 3 aliphatic rings. The molecule has 6 heterocycles. The predicted octanol–water partition coefficient (Wildman–Crippen LogP) is 5.05. The minimum absolute atomic E-state index is 0.00134. The van der Waals surface area contributed by atoms with Gasteiger partial charge < -0.3 is 88.7 Å². The SMILES string of the molecule is C=C1CC2CN(C(=O)OCc3ccc(O[C@H]4C[C@@H](O)C[C@@H](CO)O4)c(C(=O)NCC(C)(C)OCC(C)(C)ON)c3)c3cc(OCCCC(=O)Nc4cc(C(=O)Nc5cc(C(=O)Nc6cc(C(=O)NCCCN(C)C)n(C)c6)n(C)c5)n(C)c4)c(OC)cc3C(=O)N2C1. The first-order valence-corrected chi connectivity index (χ1v) is 30.3. The van der Waals surface area contributed by atoms with E-state index in [1.54, 1.807) is 98.2 Å². The second-order valence-corrected chi connectivity index (χ2v) is 24.8. The Labute approximate surface area is 534 Å². The van der Waals surface area contributed by atoms with E-state index >= 15 is 0 Å². The van der Waals surface area contributed by atoms with Gasteiger partial charge in [-0.2, -0.15) is 0 Å². The van der Waals surface area contributed by atoms with Crippen LogP contribution in [0.2, 0.25) is 0 Å². The number of anilines is 4. The zero-order chi connectivity index (χ0) is 66.8. The molecule has 0 spiro atoms. The zero-order valence-corrected chi connectivity index (χ0v) is 53.8. The van der Waals surface area contributed by atoms with Crippen molar-refractivity contribution in [3.05, 3.63) is 113 Å². The monoisotopic (exact) mass is 1280 g/mol. The van der Waals surface area contributed by atoms with Crippen molar-refractivity contribution in [3.8, 4) is 17.2 Å². The molecule has 2 aromatic carbocycles. The van der Waals surface area contributed by atoms with Crippen molar-refractivity contribution >= 4 is 64.3 Å². The van der Waals surface area contributed by atoms with Gasteiger partial charge in [0.25, 0.3) is 29.5 Å². The number of methoxy groups -OCH3 is 1. The van der Waals surface area contributed by atoms with E-state index in [2.05, 4.69) is 33.2 Å². The van der Waals surface area contributed by atoms with Crippen molar-refractivity contribution in [2.45, 2.75) is 109 Å². The molecule has 7 amide bonds. The Hall–Kier alpha value is -8.77. The summed E-state index contributed by atoms with van der Waals surface area (Å²) in [5.74, 6) is 3.39. The van der Waals surface area contributed by atoms with Gasteiger partial charge in [-0.15, -0.1) is 0 Å². The topological polar surface area (TPSA) is 335 Å². The summed E-state index contributed by atoms with van der Waals surface area (Å²) < 4.78 is 40.7. The molecule has 3 aromatic heterocycles. The third kappa shape index (κ3) is 17.8. The molecule has 2 saturated heterocycles. The lowest BCUT2D eigenvalue weighted by atomic mass is 10.1. The molecule has 4 atom stereocenters. The quantitative estimate of drug-likeness (QED) is 0.0184. The molecule has 0 aliphatic carbocycles. The number of nitrogens with two attached hydrogens (primary N) is 1. The highest BCUT2D eigenvalue weighted by atomic mass is 16.7. The number of aliphatic hydroxyl groups is 2. The van der Waals surface area contributed by atoms with Gasteiger partial charge in [-0.3, -0.25) is 38.5 Å². The number of hydrogen-bond donors (Lipinski definition) is 8. The van der Waals surface area contributed by atoms with Crippen molar-refractivity contribution in [3.63, 3.8) is 0 Å². The summed E-state index contributed by atoms with van der Waals surface area (Å²) in [5, 5.41) is 34.6. The van der Waals surface area contributed by atoms with E-state index in [9.17, 15) is 43.8 Å². The molecule has 1 unspecified atom stereocenters. The van der Waals surface area contributed by atoms with Crippen LogP contribution in [-0.2, 0) is 51.6 Å². The number of carbonyl (C=O) groups is 7. The summed E-state index contributed by atoms with van der Waals surface area (Å²) in [5.41, 5.74) is 1.87. The number of nitrogens with one attached hydrogen (secondary N) is 5. The van der Waals surface area contributed by atoms with Crippen molar-refractivity contribution in [1.82, 2.24) is 34.1 Å². The van der Waals surface area contributed by atoms with Gasteiger partial charge in [0.2, 0.25) is 12.2 Å². The van der Waals surface area contributed by atoms with Crippen molar-refractivity contribution in [2.24, 2.45) is 27.0 Å². The number of aromatic nitrogens is 3. The van der Waals surface area contributed by atoms with Crippen LogP contribution in [0.5, 0.6) is 17.2 Å². The van der Waals surface area contributed by atoms with Crippen LogP contribution in [0.25, 0.3) is 0 Å². The maximum absolute atomic E-state index is 14.5. The molecule has 28 heteroatoms. The maximum atomic E-state index is 14.5. The van der Waals surface area contributed by atoms with Crippen LogP contribution >= 0.6 is 0 Å². The molecule has 28 nitrogen and oxygen atoms in total. The van der Waals surface area contributed by atoms with Crippen LogP contribution in [0.3, 0.4) is 0 Å². The Morgan fingerprint density at radius 1 is 0.793 bits per heavy atom. The summed E-state index contributed by atoms with van der Waals surface area (Å²) in [7, 11) is 10.4. The van der Waals surface area contributed by atoms with Gasteiger partial charge in [0, 0.05) is 84.7 Å². The maximum Gasteiger partial charge on any atom is 0.414 e. The number of benzene rings is 2. The van der Waals surface area contributed by atoms with E-state index in [4.69, 9.17) is 39.2 Å². The molecule has 2 fully saturated rings. The minimum atomic E-state index is -1.00. The number of aryl methyl sites for hydroxylation is 3. The van der Waals surface area contributed by atoms with E-state index in [-0.39, 0.29) is 135 Å². The van der Waals surface area contributed by atoms with Gasteiger partial charge in [0.05, 0.1) is 91.2 Å². The van der Waals surface area contributed by atoms with Crippen LogP contribution in [0.15, 0.2) is 79.3 Å². The number of hydrogen-bond acceptors (Lipinski definition) is 18. The standard InChI is InChI=1S/C64H86N12O16/c1-38-20-43-33-76(62(85)88-35-39-15-16-52(91-56-26-44(78)25-45(34-77)90-56)47(21-39)57(80)67-36-63(2,3)89-37-64(4,5)92-65)48-28-54(53(86-11)27-46(48)61(84)75(43)29-38)87-19-12-14-55(79)68-40-22-50(73(9)30-40)59(82)70-42-24-51(74(10)32-42)60(83)69-41-23-49(72(8)31-41)58(81)66-17-13-18-71(6)7/h15-16,21-24,27-28,30-32,43-45,56,77-78H,1,12-14,17-20,25-26,29,33-37,65H2,2-11H3,(H,66,81)(H,67,80)(H,68,79)(H,69,83)(H,70,82)/t43?,44-,45-,56-/m0/s1. The highest BCUT2D eigenvalue weighted by Gasteiger charge is 2.41. The highest BCUT2D eigenvalue weighted by molar-refractivity contribution is 6.08. The fourth-order valence-electron chi connectivity index (χ4n) is 10.7. The number of nitrogens with zero attached hydrogens (tertiary/aromatic N) is 6. The number of ether oxygens (including phenoxy) is 6. The Morgan fingerprint density at radius 2 is 1.43 bits per heavy atom. The first-order chi connectivity index (χ1) is 43.6. The van der Waals surface area contributed by atoms with E-state index in [1.807, 2.05) is 19.0 Å². The fourth-order valence-corrected chi connectivity index (χ4v) is 10.7. The van der Waals surface area contributed by atoms with Crippen molar-refractivity contribution in [1.29, 1.82) is 0 Å². The summed E-state index contributed by atoms with van der Waals surface area (Å²) in [4.78, 5) is 106. The van der Waals surface area contributed by atoms with Crippen LogP contribution in [0.1, 0.15) is 124 Å². The lowest BCUT2D eigenvalue weighted by Crippen LogP contribution is -2.44. The van der Waals surface area contributed by atoms with Crippen LogP contribution in [0, 0.1) is 0 Å². The summed E-state index contributed by atoms with van der Waals surface area (Å²) in [6.45, 7) is 12.3. The second-order valence-electron chi connectivity index (χ2n) is 24.8. The van der Waals surface area contributed by atoms with Gasteiger partial charge in [-0.05, 0) is 110 Å². The lowest BCUT2D eigenvalue weighted by Gasteiger charge is -2.33. The molecule has 498 valence electrons. The lowest BCUT2D eigenvalue weighted by molar-refractivity contribution is -0.184. The van der Waals surface area contributed by atoms with Crippen LogP contribution in [0.4, 0.5) is 27.5 Å². The molecule has 8 rings (SSSR count). The normalized spacial score (nSPS) is 17.4. The fraction of sp³-hybridized carbons (Fsp3) is 0.484. The number of fused-ring (bicyclic) bond motifs is 2. The third-order valence-electron chi connectivity index (χ3n) is 15.7. The van der Waals surface area contributed by atoms with Gasteiger partial charge in [-0.25, -0.2) is 10.7 Å². The molecule has 5 aromatic rings. The first-order valence-electron chi connectivity index (χ1n) is 30.3. The van der Waals surface area contributed by atoms with Gasteiger partial charge >= 0.3 is 6.09 Å². The largest absolute Gasteiger partial charge is 0.493 e. The summed E-state index contributed by atoms with van der Waals surface area (Å²) in [6, 6.07) is 11.9. The number of aliphatic hydroxyl groups excluding tert-OH is 2. The Morgan fingerprint density at radius 3 is 2.05 bits per heavy atom. The molecule has 92 heavy (non-hydrogen) atoms. The number of amides is 7. The molecular weight excluding hydrogens is 1190 g/mol. The molecule has 3 aliphatic heterocycles. The van der Waals surface area contributed by atoms with Crippen LogP contribution < -0.4 is 51.6 Å². The molecule has 0 bridgehead atoms. The summed E-state index contributed by atoms with van der Waals surface area (Å²) in [6.07, 6.45) is 3.20. The Balaban J connectivity index is 0.892. The average Bonchev–Trinajstić information content (AvgIpc) is 1.57. The van der Waals surface area contributed by atoms with E-state index in [1.165, 1.54) is 48.4 Å². The van der Waals surface area contributed by atoms with Gasteiger partial charge in [0.1, 0.15) is 35.0 Å². The molecule has 0 saturated carbocycles. The first kappa shape index (κ1) is 69.1. The molecular formula is C64H86N12O16. The Kier molecular flexibility index (Phi) is 22.6. The minimum Gasteiger partial charge on any atom is -0.493 e.